The van der Waals surface area contributed by atoms with Crippen molar-refractivity contribution in [1.29, 1.82) is 0 Å². The van der Waals surface area contributed by atoms with Crippen molar-refractivity contribution in [3.8, 4) is 5.75 Å². The molecule has 0 radical (unpaired) electrons. The Morgan fingerprint density at radius 2 is 1.90 bits per heavy atom. The van der Waals surface area contributed by atoms with Crippen LogP contribution in [0.1, 0.15) is 12.5 Å². The van der Waals surface area contributed by atoms with Gasteiger partial charge in [0.2, 0.25) is 0 Å². The number of carbonyl (C=O) groups excluding carboxylic acids is 1. The highest BCUT2D eigenvalue weighted by atomic mass is 16.5. The number of carboxylic acids is 1. The van der Waals surface area contributed by atoms with Gasteiger partial charge in [0.05, 0.1) is 6.10 Å². The molecule has 0 heterocycles. The smallest absolute Gasteiger partial charge is 0.326 e. The second-order valence-corrected chi connectivity index (χ2v) is 4.66. The number of phenols is 1. The number of ether oxygens (including phenoxy) is 1. The standard InChI is InChI=1S/C14H20N2O5/c1-9(21-2)8-15-14(20)16-12(13(18)19)7-10-3-5-11(17)6-4-10/h3-6,9,12,17H,7-8H2,1-2H3,(H,18,19)(H2,15,16,20). The van der Waals surface area contributed by atoms with Gasteiger partial charge in [-0.15, -0.1) is 0 Å². The van der Waals surface area contributed by atoms with Crippen molar-refractivity contribution in [3.63, 3.8) is 0 Å². The minimum Gasteiger partial charge on any atom is -0.508 e. The van der Waals surface area contributed by atoms with Crippen LogP contribution < -0.4 is 10.6 Å². The molecule has 116 valence electrons. The molecule has 0 aliphatic heterocycles. The fraction of sp³-hybridized carbons (Fsp3) is 0.429. The molecule has 1 rings (SSSR count). The number of hydrogen-bond acceptors (Lipinski definition) is 4. The van der Waals surface area contributed by atoms with E-state index < -0.39 is 18.0 Å². The van der Waals surface area contributed by atoms with E-state index in [-0.39, 0.29) is 24.8 Å². The Kier molecular flexibility index (Phi) is 6.48. The van der Waals surface area contributed by atoms with Crippen LogP contribution >= 0.6 is 0 Å². The first-order valence-electron chi connectivity index (χ1n) is 6.50. The molecule has 1 aromatic carbocycles. The van der Waals surface area contributed by atoms with Crippen LogP contribution in [0.2, 0.25) is 0 Å². The zero-order valence-electron chi connectivity index (χ0n) is 12.0. The molecule has 0 aromatic heterocycles. The Bertz CT molecular complexity index is 475. The van der Waals surface area contributed by atoms with Crippen molar-refractivity contribution in [2.45, 2.75) is 25.5 Å². The highest BCUT2D eigenvalue weighted by Crippen LogP contribution is 2.11. The SMILES string of the molecule is COC(C)CNC(=O)NC(Cc1ccc(O)cc1)C(=O)O. The van der Waals surface area contributed by atoms with Crippen LogP contribution in [0, 0.1) is 0 Å². The zero-order chi connectivity index (χ0) is 15.8. The highest BCUT2D eigenvalue weighted by molar-refractivity contribution is 5.82. The molecule has 7 heteroatoms. The van der Waals surface area contributed by atoms with Crippen LogP contribution in [0.3, 0.4) is 0 Å². The molecular weight excluding hydrogens is 276 g/mol. The number of carbonyl (C=O) groups is 2. The number of aliphatic carboxylic acids is 1. The average Bonchev–Trinajstić information content (AvgIpc) is 2.46. The first kappa shape index (κ1) is 16.8. The van der Waals surface area contributed by atoms with E-state index in [1.165, 1.54) is 19.2 Å². The molecule has 0 saturated heterocycles. The van der Waals surface area contributed by atoms with E-state index in [1.807, 2.05) is 0 Å². The van der Waals surface area contributed by atoms with E-state index in [0.717, 1.165) is 0 Å². The Hall–Kier alpha value is -2.28. The summed E-state index contributed by atoms with van der Waals surface area (Å²) >= 11 is 0. The van der Waals surface area contributed by atoms with Crippen LogP contribution in [-0.2, 0) is 16.0 Å². The normalized spacial score (nSPS) is 13.2. The summed E-state index contributed by atoms with van der Waals surface area (Å²) in [5.41, 5.74) is 0.700. The van der Waals surface area contributed by atoms with Crippen LogP contribution in [0.4, 0.5) is 4.79 Å². The van der Waals surface area contributed by atoms with Crippen molar-refractivity contribution in [2.24, 2.45) is 0 Å². The maximum Gasteiger partial charge on any atom is 0.326 e. The van der Waals surface area contributed by atoms with Crippen LogP contribution in [0.15, 0.2) is 24.3 Å². The topological polar surface area (TPSA) is 108 Å². The second-order valence-electron chi connectivity index (χ2n) is 4.66. The molecular formula is C14H20N2O5. The summed E-state index contributed by atoms with van der Waals surface area (Å²) in [6.45, 7) is 2.07. The number of rotatable bonds is 7. The lowest BCUT2D eigenvalue weighted by atomic mass is 10.1. The van der Waals surface area contributed by atoms with Crippen LogP contribution in [-0.4, -0.2) is 48.0 Å². The number of amides is 2. The third-order valence-electron chi connectivity index (χ3n) is 2.93. The van der Waals surface area contributed by atoms with Crippen molar-refractivity contribution in [3.05, 3.63) is 29.8 Å². The summed E-state index contributed by atoms with van der Waals surface area (Å²) in [4.78, 5) is 22.8. The molecule has 21 heavy (non-hydrogen) atoms. The monoisotopic (exact) mass is 296 g/mol. The average molecular weight is 296 g/mol. The molecule has 0 spiro atoms. The number of hydrogen-bond donors (Lipinski definition) is 4. The maximum absolute atomic E-state index is 11.6. The van der Waals surface area contributed by atoms with Crippen molar-refractivity contribution >= 4 is 12.0 Å². The second kappa shape index (κ2) is 8.11. The first-order chi connectivity index (χ1) is 9.92. The van der Waals surface area contributed by atoms with E-state index in [9.17, 15) is 14.7 Å². The molecule has 0 aliphatic carbocycles. The van der Waals surface area contributed by atoms with E-state index in [2.05, 4.69) is 10.6 Å². The van der Waals surface area contributed by atoms with E-state index in [0.29, 0.717) is 5.56 Å². The number of aromatic hydroxyl groups is 1. The minimum atomic E-state index is -1.13. The Labute approximate surface area is 122 Å². The molecule has 1 aromatic rings. The number of nitrogens with one attached hydrogen (secondary N) is 2. The summed E-state index contributed by atoms with van der Waals surface area (Å²) in [6.07, 6.45) is -0.0285. The van der Waals surface area contributed by atoms with Gasteiger partial charge in [-0.2, -0.15) is 0 Å². The summed E-state index contributed by atoms with van der Waals surface area (Å²) in [6, 6.07) is 4.54. The van der Waals surface area contributed by atoms with Gasteiger partial charge >= 0.3 is 12.0 Å². The molecule has 0 bridgehead atoms. The molecule has 0 fully saturated rings. The lowest BCUT2D eigenvalue weighted by molar-refractivity contribution is -0.139. The molecule has 7 nitrogen and oxygen atoms in total. The van der Waals surface area contributed by atoms with E-state index in [1.54, 1.807) is 19.1 Å². The summed E-state index contributed by atoms with van der Waals surface area (Å²) in [5, 5.41) is 23.3. The number of carboxylic acid groups (broad SMARTS) is 1. The van der Waals surface area contributed by atoms with Gasteiger partial charge in [0.1, 0.15) is 11.8 Å². The molecule has 4 N–H and O–H groups in total. The lowest BCUT2D eigenvalue weighted by Gasteiger charge is -2.16. The van der Waals surface area contributed by atoms with E-state index >= 15 is 0 Å². The number of benzene rings is 1. The number of methoxy groups -OCH3 is 1. The van der Waals surface area contributed by atoms with Gasteiger partial charge in [-0.25, -0.2) is 9.59 Å². The predicted octanol–water partition coefficient (Wildman–Crippen LogP) is 0.722. The summed E-state index contributed by atoms with van der Waals surface area (Å²) < 4.78 is 4.98. The number of urea groups is 1. The fourth-order valence-corrected chi connectivity index (χ4v) is 1.60. The predicted molar refractivity (Wildman–Crippen MR) is 76.2 cm³/mol. The minimum absolute atomic E-state index is 0.102. The Morgan fingerprint density at radius 3 is 2.43 bits per heavy atom. The fourth-order valence-electron chi connectivity index (χ4n) is 1.60. The molecule has 0 saturated carbocycles. The third-order valence-corrected chi connectivity index (χ3v) is 2.93. The zero-order valence-corrected chi connectivity index (χ0v) is 12.0. The van der Waals surface area contributed by atoms with Gasteiger partial charge in [-0.05, 0) is 24.6 Å². The molecule has 2 amide bonds. The molecule has 0 aliphatic rings. The van der Waals surface area contributed by atoms with E-state index in [4.69, 9.17) is 9.84 Å². The number of phenolic OH excluding ortho intramolecular Hbond substituents is 1. The Morgan fingerprint density at radius 1 is 1.29 bits per heavy atom. The van der Waals surface area contributed by atoms with Gasteiger partial charge in [-0.3, -0.25) is 0 Å². The molecule has 2 unspecified atom stereocenters. The third kappa shape index (κ3) is 6.13. The highest BCUT2D eigenvalue weighted by Gasteiger charge is 2.20. The van der Waals surface area contributed by atoms with Gasteiger partial charge in [-0.1, -0.05) is 12.1 Å². The van der Waals surface area contributed by atoms with Gasteiger partial charge < -0.3 is 25.6 Å². The van der Waals surface area contributed by atoms with Crippen molar-refractivity contribution < 1.29 is 24.5 Å². The van der Waals surface area contributed by atoms with Gasteiger partial charge in [0.15, 0.2) is 0 Å². The lowest BCUT2D eigenvalue weighted by Crippen LogP contribution is -2.48. The quantitative estimate of drug-likeness (QED) is 0.593. The largest absolute Gasteiger partial charge is 0.508 e. The van der Waals surface area contributed by atoms with Gasteiger partial charge in [0, 0.05) is 20.1 Å². The van der Waals surface area contributed by atoms with Crippen LogP contribution in [0.25, 0.3) is 0 Å². The summed E-state index contributed by atoms with van der Waals surface area (Å²) in [5.74, 6) is -1.03. The molecule has 2 atom stereocenters. The maximum atomic E-state index is 11.6. The first-order valence-corrected chi connectivity index (χ1v) is 6.50. The van der Waals surface area contributed by atoms with Crippen molar-refractivity contribution in [1.82, 2.24) is 10.6 Å². The Balaban J connectivity index is 2.55. The van der Waals surface area contributed by atoms with Gasteiger partial charge in [0.25, 0.3) is 0 Å². The van der Waals surface area contributed by atoms with Crippen LogP contribution in [0.5, 0.6) is 5.75 Å². The summed E-state index contributed by atoms with van der Waals surface area (Å²) in [7, 11) is 1.52. The van der Waals surface area contributed by atoms with Crippen molar-refractivity contribution in [2.75, 3.05) is 13.7 Å².